The number of rotatable bonds is 5. The molecule has 3 N–H and O–H groups in total. The quantitative estimate of drug-likeness (QED) is 0.862. The third kappa shape index (κ3) is 4.90. The molecule has 0 aromatic carbocycles. The second-order valence-electron chi connectivity index (χ2n) is 4.44. The summed E-state index contributed by atoms with van der Waals surface area (Å²) in [5.41, 5.74) is 5.91. The number of aromatic nitrogens is 2. The number of carbonyl (C=O) groups excluding carboxylic acids is 1. The van der Waals surface area contributed by atoms with E-state index in [4.69, 9.17) is 5.73 Å². The lowest BCUT2D eigenvalue weighted by Crippen LogP contribution is -2.40. The lowest BCUT2D eigenvalue weighted by atomic mass is 9.99. The maximum atomic E-state index is 12.1. The molecule has 0 aliphatic rings. The Morgan fingerprint density at radius 1 is 1.58 bits per heavy atom. The largest absolute Gasteiger partial charge is 0.408 e. The minimum atomic E-state index is -4.35. The molecule has 5 nitrogen and oxygen atoms in total. The van der Waals surface area contributed by atoms with Crippen LogP contribution in [-0.4, -0.2) is 27.9 Å². The van der Waals surface area contributed by atoms with Gasteiger partial charge in [0.1, 0.15) is 6.54 Å². The first-order valence-electron chi connectivity index (χ1n) is 5.88. The van der Waals surface area contributed by atoms with Crippen molar-refractivity contribution < 1.29 is 18.0 Å². The molecule has 0 aliphatic heterocycles. The number of hydrogen-bond donors (Lipinski definition) is 2. The highest BCUT2D eigenvalue weighted by Crippen LogP contribution is 2.18. The standard InChI is InChI=1S/C11H17F3N4O/c1-3-7(2)9(15)10(19)17-8-4-16-18(5-8)6-11(12,13)14/h4-5,7,9H,3,6,15H2,1-2H3,(H,17,19). The predicted molar refractivity (Wildman–Crippen MR) is 64.3 cm³/mol. The second kappa shape index (κ2) is 6.05. The van der Waals surface area contributed by atoms with Crippen LogP contribution in [0.3, 0.4) is 0 Å². The van der Waals surface area contributed by atoms with Gasteiger partial charge in [0.15, 0.2) is 0 Å². The van der Waals surface area contributed by atoms with E-state index in [2.05, 4.69) is 10.4 Å². The first kappa shape index (κ1) is 15.5. The van der Waals surface area contributed by atoms with Crippen molar-refractivity contribution in [2.45, 2.75) is 39.0 Å². The highest BCUT2D eigenvalue weighted by Gasteiger charge is 2.28. The molecule has 2 unspecified atom stereocenters. The van der Waals surface area contributed by atoms with E-state index in [1.165, 1.54) is 0 Å². The fourth-order valence-electron chi connectivity index (χ4n) is 1.44. The third-order valence-corrected chi connectivity index (χ3v) is 2.80. The Morgan fingerprint density at radius 2 is 2.21 bits per heavy atom. The van der Waals surface area contributed by atoms with Gasteiger partial charge in [0.2, 0.25) is 5.91 Å². The van der Waals surface area contributed by atoms with Crippen molar-refractivity contribution in [1.29, 1.82) is 0 Å². The first-order chi connectivity index (χ1) is 8.73. The molecule has 0 fully saturated rings. The van der Waals surface area contributed by atoms with Crippen LogP contribution in [0, 0.1) is 5.92 Å². The number of hydrogen-bond acceptors (Lipinski definition) is 3. The Morgan fingerprint density at radius 3 is 2.74 bits per heavy atom. The van der Waals surface area contributed by atoms with Gasteiger partial charge in [0, 0.05) is 6.20 Å². The molecule has 1 amide bonds. The van der Waals surface area contributed by atoms with Crippen molar-refractivity contribution in [1.82, 2.24) is 9.78 Å². The van der Waals surface area contributed by atoms with Gasteiger partial charge in [-0.05, 0) is 5.92 Å². The molecular formula is C11H17F3N4O. The van der Waals surface area contributed by atoms with Crippen LogP contribution >= 0.6 is 0 Å². The number of amides is 1. The summed E-state index contributed by atoms with van der Waals surface area (Å²) >= 11 is 0. The molecule has 1 aromatic rings. The van der Waals surface area contributed by atoms with Crippen LogP contribution in [0.2, 0.25) is 0 Å². The van der Waals surface area contributed by atoms with Crippen LogP contribution in [0.15, 0.2) is 12.4 Å². The summed E-state index contributed by atoms with van der Waals surface area (Å²) < 4.78 is 37.1. The van der Waals surface area contributed by atoms with Crippen LogP contribution in [0.4, 0.5) is 18.9 Å². The lowest BCUT2D eigenvalue weighted by molar-refractivity contribution is -0.142. The summed E-state index contributed by atoms with van der Waals surface area (Å²) in [6.45, 7) is 2.54. The Hall–Kier alpha value is -1.57. The highest BCUT2D eigenvalue weighted by atomic mass is 19.4. The average Bonchev–Trinajstić information content (AvgIpc) is 2.71. The summed E-state index contributed by atoms with van der Waals surface area (Å²) in [5, 5.41) is 5.97. The van der Waals surface area contributed by atoms with Crippen LogP contribution in [0.25, 0.3) is 0 Å². The number of alkyl halides is 3. The van der Waals surface area contributed by atoms with Crippen molar-refractivity contribution in [3.05, 3.63) is 12.4 Å². The van der Waals surface area contributed by atoms with E-state index in [1.807, 2.05) is 13.8 Å². The summed E-state index contributed by atoms with van der Waals surface area (Å²) in [6.07, 6.45) is -1.33. The van der Waals surface area contributed by atoms with Crippen molar-refractivity contribution in [2.75, 3.05) is 5.32 Å². The number of carbonyl (C=O) groups is 1. The molecule has 0 aliphatic carbocycles. The number of nitrogens with one attached hydrogen (secondary N) is 1. The third-order valence-electron chi connectivity index (χ3n) is 2.80. The molecular weight excluding hydrogens is 261 g/mol. The van der Waals surface area contributed by atoms with Gasteiger partial charge in [0.25, 0.3) is 0 Å². The summed E-state index contributed by atoms with van der Waals surface area (Å²) in [4.78, 5) is 11.7. The van der Waals surface area contributed by atoms with E-state index < -0.39 is 24.7 Å². The number of nitrogens with zero attached hydrogens (tertiary/aromatic N) is 2. The maximum Gasteiger partial charge on any atom is 0.408 e. The smallest absolute Gasteiger partial charge is 0.322 e. The monoisotopic (exact) mass is 278 g/mol. The van der Waals surface area contributed by atoms with Crippen LogP contribution in [0.5, 0.6) is 0 Å². The molecule has 19 heavy (non-hydrogen) atoms. The molecule has 1 heterocycles. The van der Waals surface area contributed by atoms with E-state index in [9.17, 15) is 18.0 Å². The molecule has 1 rings (SSSR count). The van der Waals surface area contributed by atoms with Gasteiger partial charge in [-0.25, -0.2) is 0 Å². The van der Waals surface area contributed by atoms with Crippen molar-refractivity contribution in [3.63, 3.8) is 0 Å². The number of nitrogens with two attached hydrogens (primary N) is 1. The summed E-state index contributed by atoms with van der Waals surface area (Å²) in [5.74, 6) is -0.439. The summed E-state index contributed by atoms with van der Waals surface area (Å²) in [7, 11) is 0. The average molecular weight is 278 g/mol. The van der Waals surface area contributed by atoms with Crippen molar-refractivity contribution >= 4 is 11.6 Å². The fraction of sp³-hybridized carbons (Fsp3) is 0.636. The van der Waals surface area contributed by atoms with Gasteiger partial charge in [-0.1, -0.05) is 20.3 Å². The number of anilines is 1. The summed E-state index contributed by atoms with van der Waals surface area (Å²) in [6, 6.07) is -0.698. The van der Waals surface area contributed by atoms with Crippen LogP contribution < -0.4 is 11.1 Å². The maximum absolute atomic E-state index is 12.1. The molecule has 108 valence electrons. The molecule has 0 spiro atoms. The second-order valence-corrected chi connectivity index (χ2v) is 4.44. The van der Waals surface area contributed by atoms with Gasteiger partial charge < -0.3 is 11.1 Å². The Labute approximate surface area is 109 Å². The van der Waals surface area contributed by atoms with E-state index in [0.717, 1.165) is 18.8 Å². The van der Waals surface area contributed by atoms with E-state index >= 15 is 0 Å². The molecule has 0 saturated heterocycles. The van der Waals surface area contributed by atoms with E-state index in [0.29, 0.717) is 4.68 Å². The van der Waals surface area contributed by atoms with Gasteiger partial charge in [0.05, 0.1) is 17.9 Å². The van der Waals surface area contributed by atoms with Gasteiger partial charge in [-0.2, -0.15) is 18.3 Å². The zero-order valence-corrected chi connectivity index (χ0v) is 10.7. The van der Waals surface area contributed by atoms with Gasteiger partial charge >= 0.3 is 6.18 Å². The SMILES string of the molecule is CCC(C)C(N)C(=O)Nc1cnn(CC(F)(F)F)c1. The molecule has 0 saturated carbocycles. The van der Waals surface area contributed by atoms with Crippen LogP contribution in [0.1, 0.15) is 20.3 Å². The Kier molecular flexibility index (Phi) is 4.93. The van der Waals surface area contributed by atoms with Crippen LogP contribution in [-0.2, 0) is 11.3 Å². The number of halogens is 3. The topological polar surface area (TPSA) is 72.9 Å². The van der Waals surface area contributed by atoms with Gasteiger partial charge in [-0.15, -0.1) is 0 Å². The van der Waals surface area contributed by atoms with E-state index in [1.54, 1.807) is 0 Å². The Bertz CT molecular complexity index is 430. The zero-order valence-electron chi connectivity index (χ0n) is 10.7. The predicted octanol–water partition coefficient (Wildman–Crippen LogP) is 1.76. The van der Waals surface area contributed by atoms with Crippen molar-refractivity contribution in [2.24, 2.45) is 11.7 Å². The highest BCUT2D eigenvalue weighted by molar-refractivity contribution is 5.94. The Balaban J connectivity index is 2.61. The molecule has 1 aromatic heterocycles. The molecule has 2 atom stereocenters. The lowest BCUT2D eigenvalue weighted by Gasteiger charge is -2.16. The molecule has 0 bridgehead atoms. The van der Waals surface area contributed by atoms with Gasteiger partial charge in [-0.3, -0.25) is 9.48 Å². The minimum absolute atomic E-state index is 0.00906. The fourth-order valence-corrected chi connectivity index (χ4v) is 1.44. The first-order valence-corrected chi connectivity index (χ1v) is 5.88. The normalized spacial score (nSPS) is 15.1. The zero-order chi connectivity index (χ0) is 14.6. The van der Waals surface area contributed by atoms with E-state index in [-0.39, 0.29) is 11.6 Å². The minimum Gasteiger partial charge on any atom is -0.322 e. The van der Waals surface area contributed by atoms with Crippen molar-refractivity contribution in [3.8, 4) is 0 Å². The molecule has 0 radical (unpaired) electrons. The molecule has 8 heteroatoms.